The number of hydroxylamine groups is 1. The molecular formula is C66H76Cl2N10O24. The van der Waals surface area contributed by atoms with E-state index in [1.165, 1.54) is 38.5 Å². The Hall–Kier alpha value is -9.24. The third kappa shape index (κ3) is 15.9. The number of aliphatic hydroxyl groups excluding tert-OH is 6. The maximum atomic E-state index is 16.0. The van der Waals surface area contributed by atoms with Crippen LogP contribution in [0.5, 0.6) is 46.0 Å². The second kappa shape index (κ2) is 30.8. The van der Waals surface area contributed by atoms with Gasteiger partial charge in [0.15, 0.2) is 23.9 Å². The molecule has 0 aromatic heterocycles. The predicted molar refractivity (Wildman–Crippen MR) is 352 cm³/mol. The van der Waals surface area contributed by atoms with Crippen LogP contribution >= 0.6 is 23.2 Å². The zero-order valence-corrected chi connectivity index (χ0v) is 56.3. The van der Waals surface area contributed by atoms with E-state index in [0.29, 0.717) is 0 Å². The molecule has 36 heteroatoms. The summed E-state index contributed by atoms with van der Waals surface area (Å²) < 4.78 is 38.3. The second-order valence-electron chi connectivity index (χ2n) is 25.9. The molecule has 12 rings (SSSR count). The summed E-state index contributed by atoms with van der Waals surface area (Å²) in [5.74, 6) is -15.6. The van der Waals surface area contributed by atoms with E-state index in [2.05, 4.69) is 37.2 Å². The van der Waals surface area contributed by atoms with E-state index in [0.717, 1.165) is 66.7 Å². The van der Waals surface area contributed by atoms with Crippen LogP contribution in [0.4, 0.5) is 0 Å². The van der Waals surface area contributed by atoms with E-state index in [-0.39, 0.29) is 46.2 Å². The molecule has 7 heterocycles. The van der Waals surface area contributed by atoms with Crippen LogP contribution in [0, 0.1) is 5.92 Å². The Bertz CT molecular complexity index is 4100. The Kier molecular flexibility index (Phi) is 22.7. The van der Waals surface area contributed by atoms with Crippen LogP contribution in [0.2, 0.25) is 10.0 Å². The molecule has 22 N–H and O–H groups in total. The summed E-state index contributed by atoms with van der Waals surface area (Å²) in [6.45, 7) is 5.66. The fourth-order valence-electron chi connectivity index (χ4n) is 12.6. The molecule has 5 aromatic rings. The number of primary amides is 1. The fraction of sp³-hybridized carbons (Fsp3) is 0.424. The number of fused-ring (bicyclic) bond motifs is 15. The molecule has 11 bridgehead atoms. The van der Waals surface area contributed by atoms with Gasteiger partial charge in [0.05, 0.1) is 41.3 Å². The average Bonchev–Trinajstić information content (AvgIpc) is 0.770. The minimum absolute atomic E-state index is 0.0990. The number of phenolic OH excluding ortho intramolecular Hbond substituents is 3. The molecule has 7 aliphatic heterocycles. The Morgan fingerprint density at radius 1 is 0.716 bits per heavy atom. The summed E-state index contributed by atoms with van der Waals surface area (Å²) in [4.78, 5) is 118. The number of carbonyl (C=O) groups excluding carboxylic acids is 8. The Labute approximate surface area is 589 Å². The van der Waals surface area contributed by atoms with Crippen molar-refractivity contribution in [3.8, 4) is 57.1 Å². The standard InChI is InChI=1S/C66H76Cl2N10O24/c1-23(2)12-34(71-5)58(89)76-49-51(84)26-7-10-38(32(67)14-26)98-40-16-28-17-41(55(40)102-65-56(54(87)53(86)42(22-79)100-65)101-44-21-66(4,70)57(88)24(3)97-44)99-39-11-8-27(15-33(39)68)52(85)50-63(94)75-48(64(95)78-96)31-18-29(80)19-37(82)45(31)30-13-25(6-9-36(30)81)46(60(91)77-50)74-61(92)47(28)73-59(90)35(20-43(69)83)72-62(49)93/h6-11,13-19,23-24,34-35,42,44,46-54,56-57,65,71,79-82,84-88,96H,12,20-22,70H2,1-5H3,(H2,69,83)(H,72,93)(H,73,90)(H,74,92)(H,75,94)(H,76,89)(H,77,91)(H,78,95)/t24-,34-,35+,42+,44+,46+,47?,48-,49-,50+,51-,52+,53-,54+,56-,57+,65?,66+/m1/s1. The Balaban J connectivity index is 1.24. The van der Waals surface area contributed by atoms with Gasteiger partial charge in [-0.1, -0.05) is 55.2 Å². The lowest BCUT2D eigenvalue weighted by atomic mass is 9.86. The number of likely N-dealkylation sites (N-methyl/N-ethyl adjacent to an activating group) is 1. The van der Waals surface area contributed by atoms with Crippen molar-refractivity contribution >= 4 is 70.5 Å². The van der Waals surface area contributed by atoms with Gasteiger partial charge in [-0.3, -0.25) is 43.6 Å². The molecule has 0 saturated carbocycles. The lowest BCUT2D eigenvalue weighted by molar-refractivity contribution is -0.333. The van der Waals surface area contributed by atoms with E-state index >= 15 is 14.4 Å². The van der Waals surface area contributed by atoms with E-state index in [1.807, 2.05) is 13.8 Å². The largest absolute Gasteiger partial charge is 0.508 e. The molecule has 0 aliphatic carbocycles. The third-order valence-corrected chi connectivity index (χ3v) is 18.5. The highest BCUT2D eigenvalue weighted by Crippen LogP contribution is 2.50. The number of carbonyl (C=O) groups is 8. The van der Waals surface area contributed by atoms with Gasteiger partial charge in [0.25, 0.3) is 5.91 Å². The zero-order chi connectivity index (χ0) is 74.2. The first-order valence-electron chi connectivity index (χ1n) is 31.9. The van der Waals surface area contributed by atoms with Crippen molar-refractivity contribution < 1.29 is 118 Å². The van der Waals surface area contributed by atoms with Gasteiger partial charge in [0, 0.05) is 29.2 Å². The summed E-state index contributed by atoms with van der Waals surface area (Å²) in [5.41, 5.74) is 9.46. The number of nitrogens with one attached hydrogen (secondary N) is 8. The van der Waals surface area contributed by atoms with Gasteiger partial charge >= 0.3 is 0 Å². The monoisotopic (exact) mass is 1460 g/mol. The summed E-state index contributed by atoms with van der Waals surface area (Å²) >= 11 is 14.1. The van der Waals surface area contributed by atoms with Gasteiger partial charge in [-0.2, -0.15) is 0 Å². The normalized spacial score (nSPS) is 29.2. The molecule has 7 aliphatic rings. The number of benzene rings is 5. The molecule has 8 amide bonds. The molecule has 5 aromatic carbocycles. The van der Waals surface area contributed by atoms with Crippen LogP contribution in [0.3, 0.4) is 0 Å². The number of hydrogen-bond donors (Lipinski definition) is 20. The average molecular weight is 1460 g/mol. The number of halogens is 2. The van der Waals surface area contributed by atoms with Gasteiger partial charge in [0.2, 0.25) is 53.4 Å². The summed E-state index contributed by atoms with van der Waals surface area (Å²) in [7, 11) is 1.47. The van der Waals surface area contributed by atoms with Gasteiger partial charge in [-0.15, -0.1) is 0 Å². The molecule has 0 spiro atoms. The number of ether oxygens (including phenoxy) is 6. The first kappa shape index (κ1) is 75.4. The summed E-state index contributed by atoms with van der Waals surface area (Å²) in [5, 5.41) is 130. The molecule has 34 nitrogen and oxygen atoms in total. The molecule has 0 radical (unpaired) electrons. The highest BCUT2D eigenvalue weighted by Gasteiger charge is 2.51. The van der Waals surface area contributed by atoms with Gasteiger partial charge in [-0.05, 0) is 116 Å². The van der Waals surface area contributed by atoms with Crippen molar-refractivity contribution in [2.24, 2.45) is 17.4 Å². The topological polar surface area (TPSA) is 543 Å². The number of hydrogen-bond acceptors (Lipinski definition) is 26. The molecule has 548 valence electrons. The van der Waals surface area contributed by atoms with Crippen LogP contribution in [0.15, 0.2) is 78.9 Å². The van der Waals surface area contributed by atoms with Gasteiger partial charge < -0.3 is 123 Å². The third-order valence-electron chi connectivity index (χ3n) is 17.9. The first-order valence-corrected chi connectivity index (χ1v) is 32.6. The van der Waals surface area contributed by atoms with Crippen molar-refractivity contribution in [3.05, 3.63) is 117 Å². The highest BCUT2D eigenvalue weighted by atomic mass is 35.5. The minimum atomic E-state index is -2.35. The minimum Gasteiger partial charge on any atom is -0.508 e. The summed E-state index contributed by atoms with van der Waals surface area (Å²) in [6.07, 6.45) is -18.6. The van der Waals surface area contributed by atoms with E-state index in [1.54, 1.807) is 0 Å². The smallest absolute Gasteiger partial charge is 0.270 e. The maximum Gasteiger partial charge on any atom is 0.270 e. The van der Waals surface area contributed by atoms with E-state index in [9.17, 15) is 75.1 Å². The molecule has 2 saturated heterocycles. The summed E-state index contributed by atoms with van der Waals surface area (Å²) in [6, 6.07) is -0.530. The van der Waals surface area contributed by atoms with Crippen molar-refractivity contribution in [1.29, 1.82) is 0 Å². The molecule has 102 heavy (non-hydrogen) atoms. The zero-order valence-electron chi connectivity index (χ0n) is 54.8. The van der Waals surface area contributed by atoms with Crippen LogP contribution in [-0.4, -0.2) is 191 Å². The van der Waals surface area contributed by atoms with Crippen LogP contribution in [0.25, 0.3) is 11.1 Å². The van der Waals surface area contributed by atoms with Crippen molar-refractivity contribution in [1.82, 2.24) is 42.7 Å². The molecule has 18 atom stereocenters. The Morgan fingerprint density at radius 3 is 1.91 bits per heavy atom. The van der Waals surface area contributed by atoms with Gasteiger partial charge in [-0.25, -0.2) is 5.48 Å². The molecule has 2 fully saturated rings. The second-order valence-corrected chi connectivity index (χ2v) is 26.7. The fourth-order valence-corrected chi connectivity index (χ4v) is 13.0. The lowest BCUT2D eigenvalue weighted by Crippen LogP contribution is -2.64. The van der Waals surface area contributed by atoms with Crippen molar-refractivity contribution in [2.75, 3.05) is 13.7 Å². The van der Waals surface area contributed by atoms with Crippen molar-refractivity contribution in [3.63, 3.8) is 0 Å². The molecule has 2 unspecified atom stereocenters. The number of nitrogens with two attached hydrogens (primary N) is 2. The molecular weight excluding hydrogens is 1390 g/mol. The van der Waals surface area contributed by atoms with Crippen LogP contribution in [0.1, 0.15) is 105 Å². The number of phenols is 3. The van der Waals surface area contributed by atoms with Crippen molar-refractivity contribution in [2.45, 2.75) is 156 Å². The highest BCUT2D eigenvalue weighted by molar-refractivity contribution is 6.32. The SMILES string of the molecule is CN[C@H](CC(C)C)C(=O)N[C@H]1C(=O)N[C@@H](CC(N)=O)C(=O)NC2C(=O)N[C@@H]3C(=O)N[C@H](C(=O)N[C@@H](C(=O)NO)c4cc(O)cc(O)c4-c4cc3ccc4O)[C@@H](O)c3ccc(c(Cl)c3)Oc3cc2cc(c3OC2O[C@@H](CO)[C@@H](O)[C@H](O)[C@H]2O[C@H]2C[C@](C)(N)[C@@H](O)[C@@H](C)O2)Oc2ccc(cc2Cl)[C@H]1O. The maximum absolute atomic E-state index is 16.0. The first-order chi connectivity index (χ1) is 48.2. The number of amides is 8. The predicted octanol–water partition coefficient (Wildman–Crippen LogP) is -0.473. The van der Waals surface area contributed by atoms with E-state index in [4.69, 9.17) is 63.1 Å². The van der Waals surface area contributed by atoms with Crippen LogP contribution < -0.4 is 68.4 Å². The number of rotatable bonds is 13. The quantitative estimate of drug-likeness (QED) is 0.0523. The lowest BCUT2D eigenvalue weighted by Gasteiger charge is -2.47. The van der Waals surface area contributed by atoms with E-state index < -0.39 is 237 Å². The number of aromatic hydroxyl groups is 3. The van der Waals surface area contributed by atoms with Gasteiger partial charge in [0.1, 0.15) is 95.5 Å². The van der Waals surface area contributed by atoms with Crippen LogP contribution in [-0.2, 0) is 52.6 Å². The Morgan fingerprint density at radius 2 is 1.32 bits per heavy atom. The number of aliphatic hydroxyl groups is 6.